The van der Waals surface area contributed by atoms with Gasteiger partial charge in [-0.3, -0.25) is 9.59 Å². The fraction of sp³-hybridized carbons (Fsp3) is 0.385. The largest absolute Gasteiger partial charge is 0.395 e. The number of hydrogen-bond acceptors (Lipinski definition) is 3. The number of hydrogen-bond donors (Lipinski definition) is 3. The molecule has 1 rings (SSSR count). The molecule has 0 radical (unpaired) electrons. The molecule has 0 spiro atoms. The van der Waals surface area contributed by atoms with E-state index in [1.807, 2.05) is 0 Å². The minimum absolute atomic E-state index is 0.101. The summed E-state index contributed by atoms with van der Waals surface area (Å²) in [7, 11) is 0. The van der Waals surface area contributed by atoms with E-state index in [0.717, 1.165) is 0 Å². The van der Waals surface area contributed by atoms with Gasteiger partial charge in [-0.2, -0.15) is 0 Å². The van der Waals surface area contributed by atoms with E-state index in [9.17, 15) is 9.59 Å². The monoisotopic (exact) mass is 284 g/mol. The molecule has 0 saturated heterocycles. The maximum Gasteiger partial charge on any atom is 0.251 e. The lowest BCUT2D eigenvalue weighted by atomic mass is 10.1. The molecular formula is C13H17ClN2O3. The van der Waals surface area contributed by atoms with Crippen molar-refractivity contribution in [3.8, 4) is 0 Å². The van der Waals surface area contributed by atoms with Crippen molar-refractivity contribution in [3.05, 3.63) is 29.8 Å². The molecule has 0 aromatic heterocycles. The molecule has 0 aliphatic rings. The van der Waals surface area contributed by atoms with Crippen molar-refractivity contribution in [3.63, 3.8) is 0 Å². The van der Waals surface area contributed by atoms with Crippen LogP contribution in [0.4, 0.5) is 5.69 Å². The van der Waals surface area contributed by atoms with Crippen LogP contribution in [0.3, 0.4) is 0 Å². The average molecular weight is 285 g/mol. The molecule has 0 aliphatic carbocycles. The molecule has 19 heavy (non-hydrogen) atoms. The maximum atomic E-state index is 11.6. The third kappa shape index (κ3) is 4.89. The number of alkyl halides is 1. The van der Waals surface area contributed by atoms with Crippen LogP contribution in [0.1, 0.15) is 17.3 Å². The third-order valence-corrected chi connectivity index (χ3v) is 2.95. The second-order valence-electron chi connectivity index (χ2n) is 4.10. The Kier molecular flexibility index (Phi) is 6.32. The van der Waals surface area contributed by atoms with Crippen molar-refractivity contribution in [1.29, 1.82) is 0 Å². The highest BCUT2D eigenvalue weighted by Gasteiger charge is 2.11. The molecule has 1 aromatic carbocycles. The summed E-state index contributed by atoms with van der Waals surface area (Å²) >= 11 is 5.59. The number of rotatable bonds is 6. The summed E-state index contributed by atoms with van der Waals surface area (Å²) < 4.78 is 0. The van der Waals surface area contributed by atoms with Crippen LogP contribution in [0.2, 0.25) is 0 Å². The summed E-state index contributed by atoms with van der Waals surface area (Å²) in [6, 6.07) is 6.50. The van der Waals surface area contributed by atoms with Gasteiger partial charge in [-0.1, -0.05) is 6.92 Å². The molecule has 3 N–H and O–H groups in total. The Hall–Kier alpha value is -1.59. The molecule has 6 heteroatoms. The van der Waals surface area contributed by atoms with Crippen LogP contribution in [0.25, 0.3) is 0 Å². The summed E-state index contributed by atoms with van der Waals surface area (Å²) in [6.45, 7) is 1.85. The van der Waals surface area contributed by atoms with E-state index < -0.39 is 0 Å². The van der Waals surface area contributed by atoms with Gasteiger partial charge in [0.1, 0.15) is 0 Å². The number of anilines is 1. The molecular weight excluding hydrogens is 268 g/mol. The zero-order chi connectivity index (χ0) is 14.3. The van der Waals surface area contributed by atoms with Crippen LogP contribution in [0.15, 0.2) is 24.3 Å². The Morgan fingerprint density at radius 2 is 1.95 bits per heavy atom. The van der Waals surface area contributed by atoms with Gasteiger partial charge in [0.25, 0.3) is 5.91 Å². The lowest BCUT2D eigenvalue weighted by Crippen LogP contribution is -2.26. The van der Waals surface area contributed by atoms with Gasteiger partial charge in [0.2, 0.25) is 5.91 Å². The number of carbonyl (C=O) groups excluding carboxylic acids is 2. The van der Waals surface area contributed by atoms with Gasteiger partial charge in [-0.25, -0.2) is 0 Å². The summed E-state index contributed by atoms with van der Waals surface area (Å²) in [5, 5.41) is 13.9. The third-order valence-electron chi connectivity index (χ3n) is 2.49. The molecule has 2 amide bonds. The van der Waals surface area contributed by atoms with E-state index in [4.69, 9.17) is 16.7 Å². The zero-order valence-electron chi connectivity index (χ0n) is 10.6. The highest BCUT2D eigenvalue weighted by Crippen LogP contribution is 2.11. The fourth-order valence-corrected chi connectivity index (χ4v) is 1.45. The Morgan fingerprint density at radius 1 is 1.32 bits per heavy atom. The lowest BCUT2D eigenvalue weighted by molar-refractivity contribution is -0.118. The second kappa shape index (κ2) is 7.76. The van der Waals surface area contributed by atoms with Gasteiger partial charge >= 0.3 is 0 Å². The molecule has 1 unspecified atom stereocenters. The Bertz CT molecular complexity index is 434. The first-order chi connectivity index (χ1) is 9.08. The van der Waals surface area contributed by atoms with E-state index in [1.165, 1.54) is 0 Å². The van der Waals surface area contributed by atoms with Gasteiger partial charge in [0, 0.05) is 29.6 Å². The molecule has 0 aliphatic heterocycles. The minimum Gasteiger partial charge on any atom is -0.395 e. The number of nitrogens with one attached hydrogen (secondary N) is 2. The molecule has 0 saturated carbocycles. The zero-order valence-corrected chi connectivity index (χ0v) is 11.4. The van der Waals surface area contributed by atoms with E-state index in [1.54, 1.807) is 31.2 Å². The van der Waals surface area contributed by atoms with Crippen LogP contribution in [-0.2, 0) is 4.79 Å². The molecule has 0 fully saturated rings. The smallest absolute Gasteiger partial charge is 0.251 e. The van der Waals surface area contributed by atoms with Crippen LogP contribution >= 0.6 is 11.6 Å². The molecule has 0 bridgehead atoms. The van der Waals surface area contributed by atoms with Crippen molar-refractivity contribution in [1.82, 2.24) is 5.32 Å². The van der Waals surface area contributed by atoms with Crippen LogP contribution in [-0.4, -0.2) is 36.0 Å². The van der Waals surface area contributed by atoms with E-state index >= 15 is 0 Å². The highest BCUT2D eigenvalue weighted by atomic mass is 35.5. The Labute approximate surface area is 117 Å². The number of amides is 2. The van der Waals surface area contributed by atoms with Crippen molar-refractivity contribution < 1.29 is 14.7 Å². The van der Waals surface area contributed by atoms with Gasteiger partial charge < -0.3 is 15.7 Å². The van der Waals surface area contributed by atoms with Crippen molar-refractivity contribution >= 4 is 29.1 Å². The highest BCUT2D eigenvalue weighted by molar-refractivity contribution is 6.19. The fourth-order valence-electron chi connectivity index (χ4n) is 1.31. The normalized spacial score (nSPS) is 11.7. The average Bonchev–Trinajstić information content (AvgIpc) is 2.44. The lowest BCUT2D eigenvalue weighted by Gasteiger charge is -2.09. The predicted octanol–water partition coefficient (Wildman–Crippen LogP) is 1.22. The number of benzene rings is 1. The van der Waals surface area contributed by atoms with Gasteiger partial charge in [0.05, 0.1) is 6.61 Å². The SMILES string of the molecule is CC(CCl)C(=O)Nc1ccc(C(=O)NCCO)cc1. The van der Waals surface area contributed by atoms with Gasteiger partial charge in [-0.15, -0.1) is 11.6 Å². The Balaban J connectivity index is 2.61. The summed E-state index contributed by atoms with van der Waals surface area (Å²) in [6.07, 6.45) is 0. The van der Waals surface area contributed by atoms with Gasteiger partial charge in [0.15, 0.2) is 0 Å². The van der Waals surface area contributed by atoms with Gasteiger partial charge in [-0.05, 0) is 24.3 Å². The van der Waals surface area contributed by atoms with E-state index in [0.29, 0.717) is 11.3 Å². The number of aliphatic hydroxyl groups excluding tert-OH is 1. The standard InChI is InChI=1S/C13H17ClN2O3/c1-9(8-14)12(18)16-11-4-2-10(3-5-11)13(19)15-6-7-17/h2-5,9,17H,6-8H2,1H3,(H,15,19)(H,16,18). The van der Waals surface area contributed by atoms with Crippen molar-refractivity contribution in [2.75, 3.05) is 24.3 Å². The quantitative estimate of drug-likeness (QED) is 0.687. The summed E-state index contributed by atoms with van der Waals surface area (Å²) in [4.78, 5) is 23.2. The Morgan fingerprint density at radius 3 is 2.47 bits per heavy atom. The van der Waals surface area contributed by atoms with Crippen LogP contribution in [0.5, 0.6) is 0 Å². The molecule has 1 atom stereocenters. The van der Waals surface area contributed by atoms with E-state index in [-0.39, 0.29) is 36.8 Å². The second-order valence-corrected chi connectivity index (χ2v) is 4.41. The first kappa shape index (κ1) is 15.5. The van der Waals surface area contributed by atoms with Crippen molar-refractivity contribution in [2.24, 2.45) is 5.92 Å². The number of halogens is 1. The predicted molar refractivity (Wildman–Crippen MR) is 74.4 cm³/mol. The summed E-state index contributed by atoms with van der Waals surface area (Å²) in [5.41, 5.74) is 1.08. The molecule has 5 nitrogen and oxygen atoms in total. The number of carbonyl (C=O) groups is 2. The number of aliphatic hydroxyl groups is 1. The van der Waals surface area contributed by atoms with Crippen molar-refractivity contribution in [2.45, 2.75) is 6.92 Å². The molecule has 104 valence electrons. The summed E-state index contributed by atoms with van der Waals surface area (Å²) in [5.74, 6) is -0.434. The first-order valence-electron chi connectivity index (χ1n) is 5.94. The molecule has 1 aromatic rings. The first-order valence-corrected chi connectivity index (χ1v) is 6.48. The minimum atomic E-state index is -0.269. The van der Waals surface area contributed by atoms with Crippen LogP contribution < -0.4 is 10.6 Å². The maximum absolute atomic E-state index is 11.6. The van der Waals surface area contributed by atoms with Crippen LogP contribution in [0, 0.1) is 5.92 Å². The molecule has 0 heterocycles. The topological polar surface area (TPSA) is 78.4 Å². The van der Waals surface area contributed by atoms with E-state index in [2.05, 4.69) is 10.6 Å².